The average Bonchev–Trinajstić information content (AvgIpc) is 2.96. The van der Waals surface area contributed by atoms with E-state index in [1.807, 2.05) is 6.07 Å². The lowest BCUT2D eigenvalue weighted by Crippen LogP contribution is -2.49. The molecule has 2 atom stereocenters. The maximum Gasteiger partial charge on any atom is 0.145 e. The Morgan fingerprint density at radius 3 is 3.24 bits per heavy atom. The first kappa shape index (κ1) is 14.5. The number of nitrogens with zero attached hydrogens (tertiary/aromatic N) is 2. The number of benzene rings is 1. The molecule has 3 rings (SSSR count). The highest BCUT2D eigenvalue weighted by molar-refractivity contribution is 5.34. The van der Waals surface area contributed by atoms with Gasteiger partial charge in [-0.3, -0.25) is 4.90 Å². The third-order valence-electron chi connectivity index (χ3n) is 4.35. The van der Waals surface area contributed by atoms with Crippen LogP contribution in [0.4, 0.5) is 4.39 Å². The van der Waals surface area contributed by atoms with Gasteiger partial charge in [-0.25, -0.2) is 4.39 Å². The van der Waals surface area contributed by atoms with Crippen molar-refractivity contribution in [2.24, 2.45) is 0 Å². The molecule has 2 heterocycles. The van der Waals surface area contributed by atoms with Crippen LogP contribution < -0.4 is 5.32 Å². The molecule has 112 valence electrons. The van der Waals surface area contributed by atoms with Gasteiger partial charge in [0.2, 0.25) is 0 Å². The van der Waals surface area contributed by atoms with Gasteiger partial charge in [-0.2, -0.15) is 5.26 Å². The van der Waals surface area contributed by atoms with E-state index in [1.165, 1.54) is 25.5 Å². The van der Waals surface area contributed by atoms with Crippen LogP contribution in [0.3, 0.4) is 0 Å². The first-order chi connectivity index (χ1) is 10.3. The number of ether oxygens (including phenoxy) is 1. The van der Waals surface area contributed by atoms with E-state index in [9.17, 15) is 4.39 Å². The number of morpholine rings is 1. The van der Waals surface area contributed by atoms with Crippen molar-refractivity contribution >= 4 is 0 Å². The minimum Gasteiger partial charge on any atom is -0.374 e. The standard InChI is InChI=1S/C16H20FN3O/c17-16-12(7-18)3-1-4-13(16)8-19-9-15-10-20-6-2-5-14(20)11-21-15/h1,3-4,14-15,19H,2,5-6,8-11H2. The average molecular weight is 289 g/mol. The fourth-order valence-electron chi connectivity index (χ4n) is 3.18. The molecular weight excluding hydrogens is 269 g/mol. The lowest BCUT2D eigenvalue weighted by atomic mass is 10.1. The largest absolute Gasteiger partial charge is 0.374 e. The van der Waals surface area contributed by atoms with E-state index in [2.05, 4.69) is 10.2 Å². The molecule has 0 amide bonds. The molecule has 0 aliphatic carbocycles. The van der Waals surface area contributed by atoms with E-state index < -0.39 is 5.82 Å². The summed E-state index contributed by atoms with van der Waals surface area (Å²) in [4.78, 5) is 2.49. The Labute approximate surface area is 124 Å². The Kier molecular flexibility index (Phi) is 4.49. The molecule has 21 heavy (non-hydrogen) atoms. The topological polar surface area (TPSA) is 48.3 Å². The molecule has 0 radical (unpaired) electrons. The van der Waals surface area contributed by atoms with Crippen LogP contribution >= 0.6 is 0 Å². The zero-order valence-corrected chi connectivity index (χ0v) is 12.0. The Bertz CT molecular complexity index is 543. The van der Waals surface area contributed by atoms with Crippen LogP contribution in [-0.2, 0) is 11.3 Å². The van der Waals surface area contributed by atoms with Gasteiger partial charge < -0.3 is 10.1 Å². The summed E-state index contributed by atoms with van der Waals surface area (Å²) in [7, 11) is 0. The second-order valence-electron chi connectivity index (χ2n) is 5.77. The van der Waals surface area contributed by atoms with Crippen molar-refractivity contribution in [3.63, 3.8) is 0 Å². The molecule has 0 bridgehead atoms. The van der Waals surface area contributed by atoms with Crippen molar-refractivity contribution in [2.45, 2.75) is 31.5 Å². The Morgan fingerprint density at radius 1 is 1.48 bits per heavy atom. The molecule has 0 aromatic heterocycles. The third kappa shape index (κ3) is 3.24. The quantitative estimate of drug-likeness (QED) is 0.915. The molecule has 0 spiro atoms. The van der Waals surface area contributed by atoms with E-state index in [-0.39, 0.29) is 11.7 Å². The van der Waals surface area contributed by atoms with Crippen LogP contribution in [0.5, 0.6) is 0 Å². The van der Waals surface area contributed by atoms with Crippen molar-refractivity contribution in [1.29, 1.82) is 5.26 Å². The van der Waals surface area contributed by atoms with Crippen LogP contribution in [-0.4, -0.2) is 43.3 Å². The fourth-order valence-corrected chi connectivity index (χ4v) is 3.18. The van der Waals surface area contributed by atoms with Crippen molar-refractivity contribution in [3.05, 3.63) is 35.1 Å². The third-order valence-corrected chi connectivity index (χ3v) is 4.35. The summed E-state index contributed by atoms with van der Waals surface area (Å²) in [5.41, 5.74) is 0.632. The molecular formula is C16H20FN3O. The number of nitrogens with one attached hydrogen (secondary N) is 1. The zero-order valence-electron chi connectivity index (χ0n) is 12.0. The first-order valence-corrected chi connectivity index (χ1v) is 7.52. The Balaban J connectivity index is 1.49. The van der Waals surface area contributed by atoms with Gasteiger partial charge in [0.25, 0.3) is 0 Å². The molecule has 2 saturated heterocycles. The SMILES string of the molecule is N#Cc1cccc(CNCC2CN3CCCC3CO2)c1F. The van der Waals surface area contributed by atoms with Gasteiger partial charge in [0, 0.05) is 31.2 Å². The molecule has 2 aliphatic heterocycles. The second-order valence-corrected chi connectivity index (χ2v) is 5.77. The van der Waals surface area contributed by atoms with Gasteiger partial charge in [0.05, 0.1) is 18.3 Å². The molecule has 1 aromatic carbocycles. The van der Waals surface area contributed by atoms with E-state index in [0.29, 0.717) is 24.7 Å². The summed E-state index contributed by atoms with van der Waals surface area (Å²) in [6, 6.07) is 7.39. The number of fused-ring (bicyclic) bond motifs is 1. The maximum absolute atomic E-state index is 13.9. The highest BCUT2D eigenvalue weighted by Crippen LogP contribution is 2.22. The van der Waals surface area contributed by atoms with Crippen LogP contribution in [0.25, 0.3) is 0 Å². The molecule has 1 aromatic rings. The van der Waals surface area contributed by atoms with Gasteiger partial charge in [0.1, 0.15) is 11.9 Å². The molecule has 1 N–H and O–H groups in total. The van der Waals surface area contributed by atoms with Crippen LogP contribution in [0.1, 0.15) is 24.0 Å². The van der Waals surface area contributed by atoms with Crippen LogP contribution in [0, 0.1) is 17.1 Å². The van der Waals surface area contributed by atoms with Gasteiger partial charge in [0.15, 0.2) is 0 Å². The molecule has 2 aliphatic rings. The Morgan fingerprint density at radius 2 is 2.38 bits per heavy atom. The van der Waals surface area contributed by atoms with Gasteiger partial charge in [-0.05, 0) is 25.5 Å². The maximum atomic E-state index is 13.9. The minimum absolute atomic E-state index is 0.100. The monoisotopic (exact) mass is 289 g/mol. The summed E-state index contributed by atoms with van der Waals surface area (Å²) in [6.07, 6.45) is 2.67. The summed E-state index contributed by atoms with van der Waals surface area (Å²) >= 11 is 0. The van der Waals surface area contributed by atoms with Gasteiger partial charge in [-0.1, -0.05) is 12.1 Å². The normalized spacial score (nSPS) is 25.5. The van der Waals surface area contributed by atoms with Gasteiger partial charge in [-0.15, -0.1) is 0 Å². The number of nitriles is 1. The Hall–Kier alpha value is -1.48. The lowest BCUT2D eigenvalue weighted by Gasteiger charge is -2.35. The smallest absolute Gasteiger partial charge is 0.145 e. The summed E-state index contributed by atoms with van der Waals surface area (Å²) < 4.78 is 19.8. The highest BCUT2D eigenvalue weighted by atomic mass is 19.1. The molecule has 5 heteroatoms. The highest BCUT2D eigenvalue weighted by Gasteiger charge is 2.31. The minimum atomic E-state index is -0.420. The summed E-state index contributed by atoms with van der Waals surface area (Å²) in [5, 5.41) is 12.1. The van der Waals surface area contributed by atoms with Crippen molar-refractivity contribution in [2.75, 3.05) is 26.2 Å². The number of hydrogen-bond acceptors (Lipinski definition) is 4. The van der Waals surface area contributed by atoms with Crippen molar-refractivity contribution in [1.82, 2.24) is 10.2 Å². The molecule has 2 unspecified atom stereocenters. The molecule has 0 saturated carbocycles. The van der Waals surface area contributed by atoms with E-state index in [0.717, 1.165) is 13.2 Å². The number of halogens is 1. The van der Waals surface area contributed by atoms with Crippen LogP contribution in [0.2, 0.25) is 0 Å². The predicted molar refractivity (Wildman–Crippen MR) is 77.2 cm³/mol. The second kappa shape index (κ2) is 6.52. The predicted octanol–water partition coefficient (Wildman–Crippen LogP) is 1.65. The molecule has 2 fully saturated rings. The van der Waals surface area contributed by atoms with E-state index in [4.69, 9.17) is 10.00 Å². The summed E-state index contributed by atoms with van der Waals surface area (Å²) in [6.45, 7) is 4.07. The lowest BCUT2D eigenvalue weighted by molar-refractivity contribution is -0.0470. The fraction of sp³-hybridized carbons (Fsp3) is 0.562. The zero-order chi connectivity index (χ0) is 14.7. The van der Waals surface area contributed by atoms with E-state index >= 15 is 0 Å². The van der Waals surface area contributed by atoms with Crippen molar-refractivity contribution in [3.8, 4) is 6.07 Å². The number of rotatable bonds is 4. The summed E-state index contributed by atoms with van der Waals surface area (Å²) in [5.74, 6) is -0.420. The van der Waals surface area contributed by atoms with Crippen molar-refractivity contribution < 1.29 is 9.13 Å². The van der Waals surface area contributed by atoms with E-state index in [1.54, 1.807) is 12.1 Å². The number of hydrogen-bond donors (Lipinski definition) is 1. The molecule has 4 nitrogen and oxygen atoms in total. The first-order valence-electron chi connectivity index (χ1n) is 7.52. The van der Waals surface area contributed by atoms with Gasteiger partial charge >= 0.3 is 0 Å². The van der Waals surface area contributed by atoms with Crippen LogP contribution in [0.15, 0.2) is 18.2 Å².